The third-order valence-corrected chi connectivity index (χ3v) is 4.84. The summed E-state index contributed by atoms with van der Waals surface area (Å²) in [5.74, 6) is -0.618. The van der Waals surface area contributed by atoms with Crippen LogP contribution in [0.15, 0.2) is 102 Å². The summed E-state index contributed by atoms with van der Waals surface area (Å²) in [5, 5.41) is 4.33. The molecule has 0 N–H and O–H groups in total. The Labute approximate surface area is 179 Å². The number of halogens is 1. The monoisotopic (exact) mass is 413 g/mol. The van der Waals surface area contributed by atoms with Gasteiger partial charge in [-0.1, -0.05) is 48.5 Å². The number of aromatic nitrogens is 2. The Morgan fingerprint density at radius 2 is 1.48 bits per heavy atom. The van der Waals surface area contributed by atoms with E-state index in [-0.39, 0.29) is 23.8 Å². The van der Waals surface area contributed by atoms with Crippen molar-refractivity contribution in [1.29, 1.82) is 0 Å². The van der Waals surface area contributed by atoms with E-state index in [0.717, 1.165) is 15.9 Å². The second-order valence-electron chi connectivity index (χ2n) is 7.02. The third-order valence-electron chi connectivity index (χ3n) is 4.84. The number of hydrogen-bond donors (Lipinski definition) is 0. The van der Waals surface area contributed by atoms with Gasteiger partial charge in [0.15, 0.2) is 0 Å². The molecule has 0 bridgehead atoms. The van der Waals surface area contributed by atoms with Crippen molar-refractivity contribution >= 4 is 11.6 Å². The number of hydrogen-bond acceptors (Lipinski definition) is 3. The van der Waals surface area contributed by atoms with Gasteiger partial charge in [-0.3, -0.25) is 9.59 Å². The third kappa shape index (κ3) is 4.93. The SMILES string of the molecule is O=C(Cn1nc(-c2ccc(F)cc2)ccc1=O)N(Cc1ccccc1)c1ccccc1. The number of nitrogens with zero attached hydrogens (tertiary/aromatic N) is 3. The fourth-order valence-corrected chi connectivity index (χ4v) is 3.25. The van der Waals surface area contributed by atoms with Crippen LogP contribution >= 0.6 is 0 Å². The lowest BCUT2D eigenvalue weighted by Gasteiger charge is -2.23. The minimum atomic E-state index is -0.382. The first-order valence-electron chi connectivity index (χ1n) is 9.83. The first-order chi connectivity index (χ1) is 15.1. The summed E-state index contributed by atoms with van der Waals surface area (Å²) >= 11 is 0. The van der Waals surface area contributed by atoms with E-state index in [4.69, 9.17) is 0 Å². The minimum absolute atomic E-state index is 0.213. The van der Waals surface area contributed by atoms with Crippen LogP contribution in [0.4, 0.5) is 10.1 Å². The fourth-order valence-electron chi connectivity index (χ4n) is 3.25. The largest absolute Gasteiger partial charge is 0.306 e. The minimum Gasteiger partial charge on any atom is -0.306 e. The van der Waals surface area contributed by atoms with Crippen molar-refractivity contribution in [1.82, 2.24) is 9.78 Å². The first-order valence-corrected chi connectivity index (χ1v) is 9.83. The van der Waals surface area contributed by atoms with Crippen LogP contribution in [-0.4, -0.2) is 15.7 Å². The van der Waals surface area contributed by atoms with Crippen molar-refractivity contribution in [2.24, 2.45) is 0 Å². The van der Waals surface area contributed by atoms with Gasteiger partial charge in [0, 0.05) is 17.3 Å². The van der Waals surface area contributed by atoms with Crippen molar-refractivity contribution in [3.8, 4) is 11.3 Å². The molecule has 0 aliphatic heterocycles. The molecule has 154 valence electrons. The van der Waals surface area contributed by atoms with Gasteiger partial charge in [-0.2, -0.15) is 5.10 Å². The lowest BCUT2D eigenvalue weighted by Crippen LogP contribution is -2.37. The number of anilines is 1. The number of benzene rings is 3. The molecule has 0 saturated heterocycles. The number of para-hydroxylation sites is 1. The Bertz CT molecular complexity index is 1220. The van der Waals surface area contributed by atoms with Gasteiger partial charge >= 0.3 is 0 Å². The predicted molar refractivity (Wildman–Crippen MR) is 118 cm³/mol. The standard InChI is InChI=1S/C25H20FN3O2/c26-21-13-11-20(12-14-21)23-15-16-24(30)29(27-23)18-25(31)28(22-9-5-2-6-10-22)17-19-7-3-1-4-8-19/h1-16H,17-18H2. The zero-order valence-corrected chi connectivity index (χ0v) is 16.7. The van der Waals surface area contributed by atoms with Crippen LogP contribution in [0.2, 0.25) is 0 Å². The van der Waals surface area contributed by atoms with Crippen molar-refractivity contribution in [3.05, 3.63) is 119 Å². The summed E-state index contributed by atoms with van der Waals surface area (Å²) < 4.78 is 14.4. The normalized spacial score (nSPS) is 10.6. The summed E-state index contributed by atoms with van der Waals surface area (Å²) in [6.07, 6.45) is 0. The van der Waals surface area contributed by atoms with Crippen LogP contribution in [0.25, 0.3) is 11.3 Å². The van der Waals surface area contributed by atoms with Crippen molar-refractivity contribution in [2.75, 3.05) is 4.90 Å². The Morgan fingerprint density at radius 3 is 2.16 bits per heavy atom. The molecule has 31 heavy (non-hydrogen) atoms. The molecule has 3 aromatic carbocycles. The quantitative estimate of drug-likeness (QED) is 0.474. The zero-order valence-electron chi connectivity index (χ0n) is 16.7. The lowest BCUT2D eigenvalue weighted by molar-refractivity contribution is -0.119. The molecular weight excluding hydrogens is 393 g/mol. The average Bonchev–Trinajstić information content (AvgIpc) is 2.81. The topological polar surface area (TPSA) is 55.2 Å². The maximum atomic E-state index is 13.2. The van der Waals surface area contributed by atoms with Crippen molar-refractivity contribution in [3.63, 3.8) is 0 Å². The van der Waals surface area contributed by atoms with E-state index in [9.17, 15) is 14.0 Å². The summed E-state index contributed by atoms with van der Waals surface area (Å²) in [4.78, 5) is 27.3. The van der Waals surface area contributed by atoms with E-state index in [1.807, 2.05) is 60.7 Å². The highest BCUT2D eigenvalue weighted by Crippen LogP contribution is 2.18. The maximum Gasteiger partial charge on any atom is 0.267 e. The molecule has 1 amide bonds. The Hall–Kier alpha value is -4.06. The van der Waals surface area contributed by atoms with E-state index in [1.165, 1.54) is 18.2 Å². The molecule has 0 aliphatic carbocycles. The number of rotatable bonds is 6. The molecule has 0 spiro atoms. The van der Waals surface area contributed by atoms with E-state index < -0.39 is 0 Å². The summed E-state index contributed by atoms with van der Waals surface area (Å²) in [5.41, 5.74) is 2.47. The molecule has 5 nitrogen and oxygen atoms in total. The van der Waals surface area contributed by atoms with Crippen LogP contribution in [0.5, 0.6) is 0 Å². The van der Waals surface area contributed by atoms with Crippen LogP contribution in [0, 0.1) is 5.82 Å². The number of carbonyl (C=O) groups is 1. The molecule has 0 aliphatic rings. The number of carbonyl (C=O) groups excluding carboxylic acids is 1. The molecule has 4 rings (SSSR count). The van der Waals surface area contributed by atoms with Crippen LogP contribution < -0.4 is 10.5 Å². The van der Waals surface area contributed by atoms with Crippen molar-refractivity contribution < 1.29 is 9.18 Å². The molecule has 0 atom stereocenters. The van der Waals surface area contributed by atoms with Gasteiger partial charge in [0.05, 0.1) is 12.2 Å². The van der Waals surface area contributed by atoms with E-state index >= 15 is 0 Å². The zero-order chi connectivity index (χ0) is 21.6. The Morgan fingerprint density at radius 1 is 0.839 bits per heavy atom. The highest BCUT2D eigenvalue weighted by atomic mass is 19.1. The molecule has 1 aromatic heterocycles. The molecule has 0 fully saturated rings. The molecule has 0 radical (unpaired) electrons. The van der Waals surface area contributed by atoms with Gasteiger partial charge in [0.2, 0.25) is 5.91 Å². The number of amides is 1. The van der Waals surface area contributed by atoms with Gasteiger partial charge in [0.25, 0.3) is 5.56 Å². The van der Waals surface area contributed by atoms with E-state index in [1.54, 1.807) is 23.1 Å². The van der Waals surface area contributed by atoms with Gasteiger partial charge in [-0.25, -0.2) is 9.07 Å². The smallest absolute Gasteiger partial charge is 0.267 e. The van der Waals surface area contributed by atoms with E-state index in [2.05, 4.69) is 5.10 Å². The summed E-state index contributed by atoms with van der Waals surface area (Å²) in [6.45, 7) is 0.158. The Kier molecular flexibility index (Phi) is 5.98. The van der Waals surface area contributed by atoms with Gasteiger partial charge < -0.3 is 4.90 Å². The van der Waals surface area contributed by atoms with Crippen LogP contribution in [-0.2, 0) is 17.9 Å². The summed E-state index contributed by atoms with van der Waals surface area (Å²) in [7, 11) is 0. The lowest BCUT2D eigenvalue weighted by atomic mass is 10.1. The first kappa shape index (κ1) is 20.2. The molecule has 4 aromatic rings. The molecular formula is C25H20FN3O2. The second-order valence-corrected chi connectivity index (χ2v) is 7.02. The fraction of sp³-hybridized carbons (Fsp3) is 0.0800. The van der Waals surface area contributed by atoms with Crippen LogP contribution in [0.1, 0.15) is 5.56 Å². The van der Waals surface area contributed by atoms with Gasteiger partial charge in [0.1, 0.15) is 12.4 Å². The highest BCUT2D eigenvalue weighted by Gasteiger charge is 2.18. The second kappa shape index (κ2) is 9.17. The van der Waals surface area contributed by atoms with Gasteiger partial charge in [-0.05, 0) is 48.0 Å². The average molecular weight is 413 g/mol. The Balaban J connectivity index is 1.63. The molecule has 0 unspecified atom stereocenters. The molecule has 6 heteroatoms. The van der Waals surface area contributed by atoms with Crippen LogP contribution in [0.3, 0.4) is 0 Å². The maximum absolute atomic E-state index is 13.2. The molecule has 1 heterocycles. The highest BCUT2D eigenvalue weighted by molar-refractivity contribution is 5.93. The summed E-state index contributed by atoms with van der Waals surface area (Å²) in [6, 6.07) is 27.7. The predicted octanol–water partition coefficient (Wildman–Crippen LogP) is 4.28. The van der Waals surface area contributed by atoms with Gasteiger partial charge in [-0.15, -0.1) is 0 Å². The van der Waals surface area contributed by atoms with Crippen molar-refractivity contribution in [2.45, 2.75) is 13.1 Å². The van der Waals surface area contributed by atoms with E-state index in [0.29, 0.717) is 17.8 Å². The molecule has 0 saturated carbocycles.